The van der Waals surface area contributed by atoms with E-state index >= 15 is 0 Å². The Morgan fingerprint density at radius 2 is 2.33 bits per heavy atom. The van der Waals surface area contributed by atoms with E-state index in [0.717, 1.165) is 5.56 Å². The van der Waals surface area contributed by atoms with E-state index in [1.807, 2.05) is 30.7 Å². The van der Waals surface area contributed by atoms with Crippen molar-refractivity contribution >= 4 is 17.2 Å². The van der Waals surface area contributed by atoms with Crippen LogP contribution in [0.5, 0.6) is 0 Å². The number of thiophene rings is 1. The van der Waals surface area contributed by atoms with E-state index in [9.17, 15) is 4.79 Å². The van der Waals surface area contributed by atoms with Gasteiger partial charge in [-0.25, -0.2) is 0 Å². The van der Waals surface area contributed by atoms with Crippen LogP contribution in [0.3, 0.4) is 0 Å². The van der Waals surface area contributed by atoms with E-state index < -0.39 is 0 Å². The molecule has 84 valence electrons. The molecular formula is C11H17NO2S. The van der Waals surface area contributed by atoms with E-state index in [1.54, 1.807) is 18.4 Å². The molecular weight excluding hydrogens is 210 g/mol. The van der Waals surface area contributed by atoms with Crippen LogP contribution in [-0.4, -0.2) is 19.6 Å². The van der Waals surface area contributed by atoms with Gasteiger partial charge in [-0.1, -0.05) is 13.8 Å². The first-order valence-corrected chi connectivity index (χ1v) is 5.92. The van der Waals surface area contributed by atoms with E-state index in [0.29, 0.717) is 6.54 Å². The van der Waals surface area contributed by atoms with Gasteiger partial charge in [-0.15, -0.1) is 0 Å². The molecule has 0 fully saturated rings. The highest BCUT2D eigenvalue weighted by Gasteiger charge is 2.13. The lowest BCUT2D eigenvalue weighted by molar-refractivity contribution is -0.124. The number of carbonyl (C=O) groups excluding carboxylic acids is 1. The zero-order valence-corrected chi connectivity index (χ0v) is 10.1. The van der Waals surface area contributed by atoms with Gasteiger partial charge in [0.25, 0.3) is 0 Å². The largest absolute Gasteiger partial charge is 0.375 e. The zero-order chi connectivity index (χ0) is 11.3. The molecule has 1 heterocycles. The van der Waals surface area contributed by atoms with Crippen LogP contribution in [0.1, 0.15) is 25.5 Å². The SMILES string of the molecule is COC(CNC(=O)C(C)C)c1ccsc1. The quantitative estimate of drug-likeness (QED) is 0.837. The molecule has 4 heteroatoms. The Morgan fingerprint density at radius 3 is 2.80 bits per heavy atom. The van der Waals surface area contributed by atoms with Crippen molar-refractivity contribution in [3.63, 3.8) is 0 Å². The van der Waals surface area contributed by atoms with Gasteiger partial charge in [-0.3, -0.25) is 4.79 Å². The summed E-state index contributed by atoms with van der Waals surface area (Å²) in [5.74, 6) is 0.0808. The fourth-order valence-corrected chi connectivity index (χ4v) is 1.89. The molecule has 1 unspecified atom stereocenters. The Hall–Kier alpha value is -0.870. The number of hydrogen-bond acceptors (Lipinski definition) is 3. The van der Waals surface area contributed by atoms with Crippen LogP contribution >= 0.6 is 11.3 Å². The molecule has 1 aromatic rings. The average Bonchev–Trinajstić information content (AvgIpc) is 2.71. The van der Waals surface area contributed by atoms with Crippen LogP contribution in [0.4, 0.5) is 0 Å². The molecule has 0 aliphatic carbocycles. The summed E-state index contributed by atoms with van der Waals surface area (Å²) < 4.78 is 5.32. The van der Waals surface area contributed by atoms with Gasteiger partial charge in [0.1, 0.15) is 6.10 Å². The normalized spacial score (nSPS) is 12.8. The first kappa shape index (κ1) is 12.2. The summed E-state index contributed by atoms with van der Waals surface area (Å²) in [6.45, 7) is 4.29. The van der Waals surface area contributed by atoms with Crippen LogP contribution < -0.4 is 5.32 Å². The lowest BCUT2D eigenvalue weighted by atomic mass is 10.1. The minimum atomic E-state index is -0.0426. The van der Waals surface area contributed by atoms with Crippen molar-refractivity contribution in [1.82, 2.24) is 5.32 Å². The van der Waals surface area contributed by atoms with Crippen molar-refractivity contribution in [2.45, 2.75) is 20.0 Å². The molecule has 0 aliphatic rings. The summed E-state index contributed by atoms with van der Waals surface area (Å²) in [4.78, 5) is 11.4. The summed E-state index contributed by atoms with van der Waals surface area (Å²) in [6, 6.07) is 2.01. The van der Waals surface area contributed by atoms with Crippen molar-refractivity contribution < 1.29 is 9.53 Å². The summed E-state index contributed by atoms with van der Waals surface area (Å²) in [5, 5.41) is 6.91. The van der Waals surface area contributed by atoms with Crippen LogP contribution in [0.25, 0.3) is 0 Å². The third kappa shape index (κ3) is 3.64. The van der Waals surface area contributed by atoms with Crippen LogP contribution in [0.15, 0.2) is 16.8 Å². The van der Waals surface area contributed by atoms with Crippen molar-refractivity contribution in [3.05, 3.63) is 22.4 Å². The average molecular weight is 227 g/mol. The van der Waals surface area contributed by atoms with E-state index in [-0.39, 0.29) is 17.9 Å². The monoisotopic (exact) mass is 227 g/mol. The molecule has 1 N–H and O–H groups in total. The third-order valence-corrected chi connectivity index (χ3v) is 2.89. The van der Waals surface area contributed by atoms with Gasteiger partial charge in [0, 0.05) is 19.6 Å². The fraction of sp³-hybridized carbons (Fsp3) is 0.545. The molecule has 3 nitrogen and oxygen atoms in total. The van der Waals surface area contributed by atoms with Gasteiger partial charge in [-0.2, -0.15) is 11.3 Å². The Balaban J connectivity index is 2.45. The number of rotatable bonds is 5. The maximum atomic E-state index is 11.4. The summed E-state index contributed by atoms with van der Waals surface area (Å²) in [6.07, 6.45) is -0.0426. The molecule has 0 radical (unpaired) electrons. The molecule has 0 aliphatic heterocycles. The Kier molecular flexibility index (Phi) is 4.78. The number of nitrogens with one attached hydrogen (secondary N) is 1. The van der Waals surface area contributed by atoms with Crippen molar-refractivity contribution in [2.75, 3.05) is 13.7 Å². The highest BCUT2D eigenvalue weighted by Crippen LogP contribution is 2.18. The molecule has 0 bridgehead atoms. The minimum absolute atomic E-state index is 0.0185. The number of amides is 1. The molecule has 1 aromatic heterocycles. The number of methoxy groups -OCH3 is 1. The summed E-state index contributed by atoms with van der Waals surface area (Å²) in [7, 11) is 1.66. The second-order valence-corrected chi connectivity index (χ2v) is 4.46. The number of carbonyl (C=O) groups is 1. The Bertz CT molecular complexity index is 296. The second-order valence-electron chi connectivity index (χ2n) is 3.68. The zero-order valence-electron chi connectivity index (χ0n) is 9.32. The molecule has 0 spiro atoms. The summed E-state index contributed by atoms with van der Waals surface area (Å²) >= 11 is 1.63. The maximum Gasteiger partial charge on any atom is 0.222 e. The standard InChI is InChI=1S/C11H17NO2S/c1-8(2)11(13)12-6-10(14-3)9-4-5-15-7-9/h4-5,7-8,10H,6H2,1-3H3,(H,12,13). The fourth-order valence-electron chi connectivity index (χ4n) is 1.19. The molecule has 1 rings (SSSR count). The van der Waals surface area contributed by atoms with E-state index in [2.05, 4.69) is 5.32 Å². The molecule has 1 atom stereocenters. The lowest BCUT2D eigenvalue weighted by Gasteiger charge is -2.15. The molecule has 0 aromatic carbocycles. The highest BCUT2D eigenvalue weighted by atomic mass is 32.1. The molecule has 1 amide bonds. The number of ether oxygens (including phenoxy) is 1. The maximum absolute atomic E-state index is 11.4. The van der Waals surface area contributed by atoms with Gasteiger partial charge in [0.05, 0.1) is 0 Å². The van der Waals surface area contributed by atoms with Crippen molar-refractivity contribution in [1.29, 1.82) is 0 Å². The van der Waals surface area contributed by atoms with E-state index in [4.69, 9.17) is 4.74 Å². The minimum Gasteiger partial charge on any atom is -0.375 e. The second kappa shape index (κ2) is 5.88. The van der Waals surface area contributed by atoms with Gasteiger partial charge < -0.3 is 10.1 Å². The first-order valence-electron chi connectivity index (χ1n) is 4.97. The number of hydrogen-bond donors (Lipinski definition) is 1. The molecule has 0 saturated heterocycles. The van der Waals surface area contributed by atoms with Gasteiger partial charge in [-0.05, 0) is 22.4 Å². The highest BCUT2D eigenvalue weighted by molar-refractivity contribution is 7.07. The van der Waals surface area contributed by atoms with Crippen LogP contribution in [0.2, 0.25) is 0 Å². The van der Waals surface area contributed by atoms with Gasteiger partial charge in [0.2, 0.25) is 5.91 Å². The van der Waals surface area contributed by atoms with Gasteiger partial charge in [0.15, 0.2) is 0 Å². The van der Waals surface area contributed by atoms with Gasteiger partial charge >= 0.3 is 0 Å². The summed E-state index contributed by atoms with van der Waals surface area (Å²) in [5.41, 5.74) is 1.12. The smallest absolute Gasteiger partial charge is 0.222 e. The molecule has 15 heavy (non-hydrogen) atoms. The predicted octanol–water partition coefficient (Wildman–Crippen LogP) is 2.21. The predicted molar refractivity (Wildman–Crippen MR) is 61.9 cm³/mol. The van der Waals surface area contributed by atoms with Crippen molar-refractivity contribution in [3.8, 4) is 0 Å². The Labute approximate surface area is 94.5 Å². The van der Waals surface area contributed by atoms with Crippen molar-refractivity contribution in [2.24, 2.45) is 5.92 Å². The van der Waals surface area contributed by atoms with Crippen LogP contribution in [-0.2, 0) is 9.53 Å². The topological polar surface area (TPSA) is 38.3 Å². The third-order valence-electron chi connectivity index (χ3n) is 2.19. The Morgan fingerprint density at radius 1 is 1.60 bits per heavy atom. The molecule has 0 saturated carbocycles. The first-order chi connectivity index (χ1) is 7.15. The van der Waals surface area contributed by atoms with Crippen LogP contribution in [0, 0.1) is 5.92 Å². The lowest BCUT2D eigenvalue weighted by Crippen LogP contribution is -2.32. The van der Waals surface area contributed by atoms with E-state index in [1.165, 1.54) is 0 Å².